The van der Waals surface area contributed by atoms with Crippen LogP contribution in [0.5, 0.6) is 5.75 Å². The first kappa shape index (κ1) is 29.3. The zero-order valence-electron chi connectivity index (χ0n) is 23.1. The molecule has 0 fully saturated rings. The topological polar surface area (TPSA) is 46.5 Å². The Hall–Kier alpha value is -2.92. The van der Waals surface area contributed by atoms with Crippen LogP contribution in [0.4, 0.5) is 0 Å². The van der Waals surface area contributed by atoms with Gasteiger partial charge in [-0.3, -0.25) is 4.99 Å². The summed E-state index contributed by atoms with van der Waals surface area (Å²) in [5, 5.41) is 4.45. The Morgan fingerprint density at radius 1 is 1.08 bits per heavy atom. The molecule has 0 saturated carbocycles. The van der Waals surface area contributed by atoms with Crippen LogP contribution in [-0.4, -0.2) is 24.5 Å². The number of amidine groups is 1. The molecule has 0 radical (unpaired) electrons. The van der Waals surface area contributed by atoms with Crippen molar-refractivity contribution in [3.8, 4) is 16.3 Å². The van der Waals surface area contributed by atoms with E-state index in [1.165, 1.54) is 16.0 Å². The molecule has 0 aliphatic rings. The van der Waals surface area contributed by atoms with Crippen molar-refractivity contribution in [2.45, 2.75) is 73.6 Å². The smallest absolute Gasteiger partial charge is 0.133 e. The number of thiazole rings is 1. The van der Waals surface area contributed by atoms with E-state index in [1.807, 2.05) is 12.4 Å². The summed E-state index contributed by atoms with van der Waals surface area (Å²) in [6, 6.07) is 4.24. The fourth-order valence-corrected chi connectivity index (χ4v) is 4.40. The highest BCUT2D eigenvalue weighted by molar-refractivity contribution is 7.14. The van der Waals surface area contributed by atoms with Gasteiger partial charge in [0.1, 0.15) is 16.6 Å². The third kappa shape index (κ3) is 9.27. The van der Waals surface area contributed by atoms with E-state index in [1.54, 1.807) is 18.4 Å². The minimum atomic E-state index is 0.595. The number of rotatable bonds is 13. The summed E-state index contributed by atoms with van der Waals surface area (Å²) >= 11 is 1.69. The molecule has 0 unspecified atom stereocenters. The summed E-state index contributed by atoms with van der Waals surface area (Å²) in [6.07, 6.45) is 20.4. The molecule has 36 heavy (non-hydrogen) atoms. The highest BCUT2D eigenvalue weighted by Gasteiger charge is 2.15. The van der Waals surface area contributed by atoms with Gasteiger partial charge in [0, 0.05) is 27.8 Å². The third-order valence-electron chi connectivity index (χ3n) is 5.70. The monoisotopic (exact) mass is 505 g/mol. The van der Waals surface area contributed by atoms with Crippen molar-refractivity contribution < 1.29 is 4.74 Å². The minimum Gasteiger partial charge on any atom is -0.496 e. The molecule has 2 aromatic rings. The molecular weight excluding hydrogens is 462 g/mol. The van der Waals surface area contributed by atoms with Crippen LogP contribution in [0.25, 0.3) is 10.6 Å². The zero-order valence-corrected chi connectivity index (χ0v) is 24.0. The molecule has 0 bridgehead atoms. The van der Waals surface area contributed by atoms with Crippen molar-refractivity contribution in [1.29, 1.82) is 0 Å². The summed E-state index contributed by atoms with van der Waals surface area (Å²) in [7, 11) is 1.72. The second-order valence-corrected chi connectivity index (χ2v) is 10.1. The van der Waals surface area contributed by atoms with E-state index in [-0.39, 0.29) is 0 Å². The molecule has 0 saturated heterocycles. The molecule has 1 aromatic heterocycles. The van der Waals surface area contributed by atoms with Gasteiger partial charge in [0.05, 0.1) is 13.7 Å². The van der Waals surface area contributed by atoms with E-state index in [0.717, 1.165) is 65.4 Å². The van der Waals surface area contributed by atoms with Crippen LogP contribution in [0, 0.1) is 13.8 Å². The predicted octanol–water partition coefficient (Wildman–Crippen LogP) is 8.72. The molecule has 4 nitrogen and oxygen atoms in total. The van der Waals surface area contributed by atoms with E-state index in [9.17, 15) is 0 Å². The van der Waals surface area contributed by atoms with Crippen LogP contribution in [0.1, 0.15) is 75.8 Å². The van der Waals surface area contributed by atoms with Crippen LogP contribution in [0.2, 0.25) is 0 Å². The van der Waals surface area contributed by atoms with Crippen molar-refractivity contribution in [2.75, 3.05) is 13.7 Å². The van der Waals surface area contributed by atoms with Crippen LogP contribution in [0.3, 0.4) is 0 Å². The molecule has 194 valence electrons. The van der Waals surface area contributed by atoms with Gasteiger partial charge >= 0.3 is 0 Å². The number of methoxy groups -OCH3 is 1. The van der Waals surface area contributed by atoms with Crippen molar-refractivity contribution in [3.63, 3.8) is 0 Å². The Kier molecular flexibility index (Phi) is 13.0. The van der Waals surface area contributed by atoms with Crippen molar-refractivity contribution in [1.82, 2.24) is 10.3 Å². The lowest BCUT2D eigenvalue weighted by molar-refractivity contribution is 0.412. The Balaban J connectivity index is 2.49. The van der Waals surface area contributed by atoms with Gasteiger partial charge in [0.25, 0.3) is 0 Å². The van der Waals surface area contributed by atoms with Gasteiger partial charge in [0.15, 0.2) is 0 Å². The van der Waals surface area contributed by atoms with Crippen LogP contribution in [0.15, 0.2) is 71.0 Å². The molecule has 0 spiro atoms. The van der Waals surface area contributed by atoms with E-state index in [0.29, 0.717) is 6.54 Å². The van der Waals surface area contributed by atoms with Gasteiger partial charge in [0.2, 0.25) is 0 Å². The molecule has 1 aromatic carbocycles. The molecule has 5 heteroatoms. The number of nitrogens with zero attached hydrogens (tertiary/aromatic N) is 2. The molecular formula is C31H43N3OS. The third-order valence-corrected chi connectivity index (χ3v) is 6.66. The van der Waals surface area contributed by atoms with Crippen molar-refractivity contribution in [2.24, 2.45) is 4.99 Å². The molecule has 0 amide bonds. The highest BCUT2D eigenvalue weighted by Crippen LogP contribution is 2.32. The number of aliphatic imine (C=N–C) groups is 1. The lowest BCUT2D eigenvalue weighted by atomic mass is 10.0. The first-order chi connectivity index (χ1) is 17.4. The number of hydrogen-bond donors (Lipinski definition) is 1. The molecule has 0 aliphatic carbocycles. The van der Waals surface area contributed by atoms with Crippen LogP contribution in [-0.2, 0) is 0 Å². The van der Waals surface area contributed by atoms with Crippen molar-refractivity contribution >= 4 is 17.2 Å². The standard InChI is InChI=1S/C31H43N3OS/c1-8-11-13-18-32-30(33-22-26(14-10-3)17-16-23(4)15-12-9-2)28-19-27(20-29(35-7)25(28)6)31-34-21-24(5)36-31/h13-21H,8-12,22H2,1-7H3,(H,32,33)/b17-16-,18-13+,23-15+,26-14-. The first-order valence-corrected chi connectivity index (χ1v) is 13.9. The van der Waals surface area contributed by atoms with Gasteiger partial charge in [-0.1, -0.05) is 69.6 Å². The zero-order chi connectivity index (χ0) is 26.3. The number of unbranched alkanes of at least 4 members (excludes halogenated alkanes) is 2. The van der Waals surface area contributed by atoms with Crippen LogP contribution >= 0.6 is 11.3 Å². The SMILES string of the molecule is CC/C=C(/C=C\C(C)=C\CCC)CN=C(N/C=C/CCC)c1cc(-c2ncc(C)s2)cc(OC)c1C. The Morgan fingerprint density at radius 2 is 1.86 bits per heavy atom. The summed E-state index contributed by atoms with van der Waals surface area (Å²) in [5.74, 6) is 1.67. The van der Waals surface area contributed by atoms with Gasteiger partial charge in [-0.05, 0) is 63.9 Å². The predicted molar refractivity (Wildman–Crippen MR) is 158 cm³/mol. The Morgan fingerprint density at radius 3 is 2.50 bits per heavy atom. The van der Waals surface area contributed by atoms with Crippen LogP contribution < -0.4 is 10.1 Å². The molecule has 1 heterocycles. The Bertz CT molecular complexity index is 1120. The van der Waals surface area contributed by atoms with Gasteiger partial charge in [-0.25, -0.2) is 4.98 Å². The highest BCUT2D eigenvalue weighted by atomic mass is 32.1. The normalized spacial score (nSPS) is 13.2. The second-order valence-electron chi connectivity index (χ2n) is 8.88. The second kappa shape index (κ2) is 15.9. The summed E-state index contributed by atoms with van der Waals surface area (Å²) in [4.78, 5) is 10.9. The maximum atomic E-state index is 5.76. The fraction of sp³-hybridized carbons (Fsp3) is 0.419. The number of hydrogen-bond acceptors (Lipinski definition) is 4. The average Bonchev–Trinajstić information content (AvgIpc) is 3.32. The molecule has 0 aliphatic heterocycles. The lowest BCUT2D eigenvalue weighted by Crippen LogP contribution is -2.21. The number of benzene rings is 1. The first-order valence-electron chi connectivity index (χ1n) is 13.0. The number of aryl methyl sites for hydroxylation is 1. The maximum Gasteiger partial charge on any atom is 0.133 e. The van der Waals surface area contributed by atoms with Gasteiger partial charge in [-0.2, -0.15) is 0 Å². The van der Waals surface area contributed by atoms with Gasteiger partial charge < -0.3 is 10.1 Å². The molecule has 1 N–H and O–H groups in total. The largest absolute Gasteiger partial charge is 0.496 e. The number of ether oxygens (including phenoxy) is 1. The average molecular weight is 506 g/mol. The number of nitrogens with one attached hydrogen (secondary N) is 1. The van der Waals surface area contributed by atoms with E-state index < -0.39 is 0 Å². The summed E-state index contributed by atoms with van der Waals surface area (Å²) in [6.45, 7) is 13.5. The fourth-order valence-electron chi connectivity index (χ4n) is 3.65. The van der Waals surface area contributed by atoms with E-state index in [4.69, 9.17) is 9.73 Å². The summed E-state index contributed by atoms with van der Waals surface area (Å²) in [5.41, 5.74) is 5.61. The maximum absolute atomic E-state index is 5.76. The quantitative estimate of drug-likeness (QED) is 0.168. The van der Waals surface area contributed by atoms with Crippen molar-refractivity contribution in [3.05, 3.63) is 82.1 Å². The summed E-state index contributed by atoms with van der Waals surface area (Å²) < 4.78 is 5.76. The molecule has 0 atom stereocenters. The lowest BCUT2D eigenvalue weighted by Gasteiger charge is -2.15. The van der Waals surface area contributed by atoms with E-state index >= 15 is 0 Å². The van der Waals surface area contributed by atoms with Gasteiger partial charge in [-0.15, -0.1) is 11.3 Å². The molecule has 2 rings (SSSR count). The van der Waals surface area contributed by atoms with E-state index in [2.05, 4.69) is 94.4 Å². The number of allylic oxidation sites excluding steroid dienone is 5. The Labute approximate surface area is 222 Å². The number of aromatic nitrogens is 1. The minimum absolute atomic E-state index is 0.595.